The molecule has 166 valence electrons. The first kappa shape index (κ1) is 23.3. The third kappa shape index (κ3) is 6.82. The third-order valence-corrected chi connectivity index (χ3v) is 4.50. The minimum atomic E-state index is -0.619. The van der Waals surface area contributed by atoms with Crippen LogP contribution >= 0.6 is 0 Å². The number of carbonyl (C=O) groups is 3. The van der Waals surface area contributed by atoms with Gasteiger partial charge in [0.15, 0.2) is 18.1 Å². The lowest BCUT2D eigenvalue weighted by molar-refractivity contribution is -0.125. The Labute approximate surface area is 176 Å². The fraction of sp³-hybridized carbons (Fsp3) is 0.571. The number of carbonyl (C=O) groups excluding carboxylic acids is 3. The Hall–Kier alpha value is -2.97. The van der Waals surface area contributed by atoms with E-state index in [4.69, 9.17) is 18.9 Å². The molecule has 0 aliphatic carbocycles. The lowest BCUT2D eigenvalue weighted by Crippen LogP contribution is -2.47. The number of nitrogens with zero attached hydrogens (tertiary/aromatic N) is 1. The number of nitrogens with one attached hydrogen (secondary N) is 1. The van der Waals surface area contributed by atoms with Crippen LogP contribution in [0.25, 0.3) is 0 Å². The van der Waals surface area contributed by atoms with Gasteiger partial charge in [0.25, 0.3) is 5.91 Å². The number of amides is 2. The Morgan fingerprint density at radius 2 is 1.63 bits per heavy atom. The van der Waals surface area contributed by atoms with E-state index in [9.17, 15) is 14.4 Å². The fourth-order valence-electron chi connectivity index (χ4n) is 3.08. The van der Waals surface area contributed by atoms with Crippen LogP contribution in [0.3, 0.4) is 0 Å². The van der Waals surface area contributed by atoms with Crippen LogP contribution in [-0.4, -0.2) is 68.4 Å². The summed E-state index contributed by atoms with van der Waals surface area (Å²) in [7, 11) is 0. The molecule has 30 heavy (non-hydrogen) atoms. The minimum Gasteiger partial charge on any atom is -0.490 e. The van der Waals surface area contributed by atoms with Gasteiger partial charge in [-0.2, -0.15) is 0 Å². The van der Waals surface area contributed by atoms with E-state index in [2.05, 4.69) is 5.32 Å². The number of esters is 1. The topological polar surface area (TPSA) is 103 Å². The molecule has 0 bridgehead atoms. The van der Waals surface area contributed by atoms with Gasteiger partial charge in [-0.1, -0.05) is 0 Å². The van der Waals surface area contributed by atoms with Crippen LogP contribution in [0.5, 0.6) is 11.5 Å². The average molecular weight is 422 g/mol. The van der Waals surface area contributed by atoms with E-state index in [0.29, 0.717) is 57.3 Å². The summed E-state index contributed by atoms with van der Waals surface area (Å²) < 4.78 is 21.1. The summed E-state index contributed by atoms with van der Waals surface area (Å²) in [6.45, 7) is 7.33. The number of likely N-dealkylation sites (tertiary alicyclic amines) is 1. The molecule has 0 unspecified atom stereocenters. The Bertz CT molecular complexity index is 730. The van der Waals surface area contributed by atoms with Gasteiger partial charge in [0.05, 0.1) is 25.4 Å². The van der Waals surface area contributed by atoms with Gasteiger partial charge >= 0.3 is 12.1 Å². The number of rotatable bonds is 9. The van der Waals surface area contributed by atoms with Crippen molar-refractivity contribution in [3.8, 4) is 11.5 Å². The number of ether oxygens (including phenoxy) is 4. The molecule has 1 aliphatic heterocycles. The second-order valence-electron chi connectivity index (χ2n) is 6.63. The first-order valence-electron chi connectivity index (χ1n) is 10.3. The van der Waals surface area contributed by atoms with Crippen molar-refractivity contribution in [3.05, 3.63) is 23.8 Å². The molecule has 9 nitrogen and oxygen atoms in total. The van der Waals surface area contributed by atoms with Gasteiger partial charge in [0.2, 0.25) is 0 Å². The molecule has 0 aromatic heterocycles. The molecule has 1 heterocycles. The van der Waals surface area contributed by atoms with Crippen LogP contribution < -0.4 is 14.8 Å². The van der Waals surface area contributed by atoms with Gasteiger partial charge in [-0.15, -0.1) is 0 Å². The number of piperidine rings is 1. The zero-order chi connectivity index (χ0) is 21.9. The maximum Gasteiger partial charge on any atom is 0.409 e. The molecule has 1 N–H and O–H groups in total. The summed E-state index contributed by atoms with van der Waals surface area (Å²) in [6.07, 6.45) is 0.905. The molecule has 0 radical (unpaired) electrons. The summed E-state index contributed by atoms with van der Waals surface area (Å²) in [5, 5.41) is 2.84. The monoisotopic (exact) mass is 422 g/mol. The predicted molar refractivity (Wildman–Crippen MR) is 109 cm³/mol. The molecule has 1 aliphatic rings. The molecule has 9 heteroatoms. The van der Waals surface area contributed by atoms with Crippen molar-refractivity contribution in [2.24, 2.45) is 0 Å². The first-order chi connectivity index (χ1) is 14.5. The first-order valence-corrected chi connectivity index (χ1v) is 10.3. The predicted octanol–water partition coefficient (Wildman–Crippen LogP) is 2.38. The lowest BCUT2D eigenvalue weighted by Gasteiger charge is -2.31. The van der Waals surface area contributed by atoms with Gasteiger partial charge in [0, 0.05) is 19.1 Å². The smallest absolute Gasteiger partial charge is 0.409 e. The second-order valence-corrected chi connectivity index (χ2v) is 6.63. The minimum absolute atomic E-state index is 0.0723. The molecule has 0 spiro atoms. The Morgan fingerprint density at radius 1 is 0.967 bits per heavy atom. The second kappa shape index (κ2) is 11.9. The zero-order valence-corrected chi connectivity index (χ0v) is 17.8. The Kier molecular flexibility index (Phi) is 9.24. The zero-order valence-electron chi connectivity index (χ0n) is 17.8. The van der Waals surface area contributed by atoms with E-state index in [1.807, 2.05) is 13.8 Å². The molecular formula is C21H30N2O7. The largest absolute Gasteiger partial charge is 0.490 e. The highest BCUT2D eigenvalue weighted by atomic mass is 16.6. The van der Waals surface area contributed by atoms with Gasteiger partial charge in [0.1, 0.15) is 0 Å². The van der Waals surface area contributed by atoms with Gasteiger partial charge in [-0.05, 0) is 51.8 Å². The van der Waals surface area contributed by atoms with Crippen molar-refractivity contribution in [1.29, 1.82) is 0 Å². The maximum atomic E-state index is 12.3. The molecule has 1 saturated heterocycles. The van der Waals surface area contributed by atoms with E-state index in [1.54, 1.807) is 30.0 Å². The number of hydrogen-bond acceptors (Lipinski definition) is 7. The summed E-state index contributed by atoms with van der Waals surface area (Å²) in [5.41, 5.74) is 0.275. The maximum absolute atomic E-state index is 12.3. The van der Waals surface area contributed by atoms with Crippen molar-refractivity contribution in [2.45, 2.75) is 39.7 Å². The highest BCUT2D eigenvalue weighted by Crippen LogP contribution is 2.28. The molecule has 1 aromatic rings. The van der Waals surface area contributed by atoms with E-state index in [0.717, 1.165) is 0 Å². The van der Waals surface area contributed by atoms with Crippen molar-refractivity contribution < 1.29 is 33.3 Å². The molecule has 1 fully saturated rings. The van der Waals surface area contributed by atoms with Gasteiger partial charge < -0.3 is 29.2 Å². The highest BCUT2D eigenvalue weighted by molar-refractivity contribution is 5.92. The Morgan fingerprint density at radius 3 is 2.27 bits per heavy atom. The SMILES string of the molecule is CCOC(=O)N1CCC(NC(=O)COC(=O)c2ccc(OCC)c(OCC)c2)CC1. The molecule has 2 rings (SSSR count). The summed E-state index contributed by atoms with van der Waals surface area (Å²) in [4.78, 5) is 37.7. The molecule has 1 aromatic carbocycles. The van der Waals surface area contributed by atoms with Crippen molar-refractivity contribution in [1.82, 2.24) is 10.2 Å². The number of hydrogen-bond donors (Lipinski definition) is 1. The van der Waals surface area contributed by atoms with E-state index >= 15 is 0 Å². The van der Waals surface area contributed by atoms with E-state index in [-0.39, 0.29) is 30.2 Å². The average Bonchev–Trinajstić information content (AvgIpc) is 2.74. The summed E-state index contributed by atoms with van der Waals surface area (Å²) in [6, 6.07) is 4.68. The quantitative estimate of drug-likeness (QED) is 0.610. The van der Waals surface area contributed by atoms with Crippen LogP contribution in [0, 0.1) is 0 Å². The standard InChI is InChI=1S/C21H30N2O7/c1-4-27-17-8-7-15(13-18(17)28-5-2)20(25)30-14-19(24)22-16-9-11-23(12-10-16)21(26)29-6-3/h7-8,13,16H,4-6,9-12,14H2,1-3H3,(H,22,24). The van der Waals surface area contributed by atoms with Crippen LogP contribution in [-0.2, 0) is 14.3 Å². The van der Waals surface area contributed by atoms with Crippen molar-refractivity contribution in [3.63, 3.8) is 0 Å². The van der Waals surface area contributed by atoms with Gasteiger partial charge in [-0.3, -0.25) is 4.79 Å². The fourth-order valence-corrected chi connectivity index (χ4v) is 3.08. The number of benzene rings is 1. The van der Waals surface area contributed by atoms with E-state index < -0.39 is 5.97 Å². The van der Waals surface area contributed by atoms with Crippen LogP contribution in [0.2, 0.25) is 0 Å². The normalized spacial score (nSPS) is 14.0. The Balaban J connectivity index is 1.80. The lowest BCUT2D eigenvalue weighted by atomic mass is 10.1. The summed E-state index contributed by atoms with van der Waals surface area (Å²) in [5.74, 6) is -0.00500. The molecule has 0 saturated carbocycles. The van der Waals surface area contributed by atoms with Crippen LogP contribution in [0.1, 0.15) is 44.0 Å². The molecular weight excluding hydrogens is 392 g/mol. The molecule has 2 amide bonds. The van der Waals surface area contributed by atoms with Crippen LogP contribution in [0.4, 0.5) is 4.79 Å². The van der Waals surface area contributed by atoms with E-state index in [1.165, 1.54) is 0 Å². The third-order valence-electron chi connectivity index (χ3n) is 4.50. The van der Waals surface area contributed by atoms with Crippen LogP contribution in [0.15, 0.2) is 18.2 Å². The molecule has 0 atom stereocenters. The van der Waals surface area contributed by atoms with Crippen molar-refractivity contribution >= 4 is 18.0 Å². The van der Waals surface area contributed by atoms with Crippen molar-refractivity contribution in [2.75, 3.05) is 39.5 Å². The van der Waals surface area contributed by atoms with Gasteiger partial charge in [-0.25, -0.2) is 9.59 Å². The summed E-state index contributed by atoms with van der Waals surface area (Å²) >= 11 is 0. The highest BCUT2D eigenvalue weighted by Gasteiger charge is 2.25.